The van der Waals surface area contributed by atoms with E-state index in [-0.39, 0.29) is 11.9 Å². The van der Waals surface area contributed by atoms with Crippen LogP contribution >= 0.6 is 0 Å². The topological polar surface area (TPSA) is 58.4 Å². The van der Waals surface area contributed by atoms with E-state index >= 15 is 0 Å². The SMILES string of the molecule is Cc1ccc(C(CN)N(C)CC(=O)NCC(C)C)cc1. The number of rotatable bonds is 7. The lowest BCUT2D eigenvalue weighted by Crippen LogP contribution is -2.40. The van der Waals surface area contributed by atoms with Gasteiger partial charge >= 0.3 is 0 Å². The number of hydrogen-bond acceptors (Lipinski definition) is 3. The van der Waals surface area contributed by atoms with E-state index in [1.807, 2.05) is 11.9 Å². The van der Waals surface area contributed by atoms with E-state index in [0.29, 0.717) is 25.6 Å². The molecule has 0 spiro atoms. The fourth-order valence-electron chi connectivity index (χ4n) is 2.07. The highest BCUT2D eigenvalue weighted by atomic mass is 16.2. The summed E-state index contributed by atoms with van der Waals surface area (Å²) in [6.45, 7) is 7.80. The Morgan fingerprint density at radius 1 is 1.30 bits per heavy atom. The number of carbonyl (C=O) groups excluding carboxylic acids is 1. The van der Waals surface area contributed by atoms with Crippen LogP contribution in [0.3, 0.4) is 0 Å². The number of nitrogens with two attached hydrogens (primary N) is 1. The van der Waals surface area contributed by atoms with Gasteiger partial charge in [0.25, 0.3) is 0 Å². The first-order valence-corrected chi connectivity index (χ1v) is 7.17. The number of carbonyl (C=O) groups is 1. The van der Waals surface area contributed by atoms with Gasteiger partial charge in [0.05, 0.1) is 6.54 Å². The zero-order valence-corrected chi connectivity index (χ0v) is 13.0. The molecule has 1 aromatic carbocycles. The molecular formula is C16H27N3O. The molecule has 3 N–H and O–H groups in total. The molecule has 1 rings (SSSR count). The molecule has 0 heterocycles. The van der Waals surface area contributed by atoms with E-state index in [9.17, 15) is 4.79 Å². The van der Waals surface area contributed by atoms with Crippen molar-refractivity contribution in [1.29, 1.82) is 0 Å². The fourth-order valence-corrected chi connectivity index (χ4v) is 2.07. The minimum absolute atomic E-state index is 0.0479. The van der Waals surface area contributed by atoms with Crippen molar-refractivity contribution in [3.63, 3.8) is 0 Å². The van der Waals surface area contributed by atoms with Crippen LogP contribution in [0.15, 0.2) is 24.3 Å². The van der Waals surface area contributed by atoms with Crippen LogP contribution in [0.1, 0.15) is 31.0 Å². The quantitative estimate of drug-likeness (QED) is 0.797. The second-order valence-corrected chi connectivity index (χ2v) is 5.78. The summed E-state index contributed by atoms with van der Waals surface area (Å²) in [5.74, 6) is 0.512. The summed E-state index contributed by atoms with van der Waals surface area (Å²) in [4.78, 5) is 13.9. The molecule has 1 unspecified atom stereocenters. The molecule has 0 aromatic heterocycles. The smallest absolute Gasteiger partial charge is 0.234 e. The van der Waals surface area contributed by atoms with Crippen molar-refractivity contribution < 1.29 is 4.79 Å². The van der Waals surface area contributed by atoms with Crippen molar-refractivity contribution in [2.45, 2.75) is 26.8 Å². The van der Waals surface area contributed by atoms with Crippen molar-refractivity contribution in [2.75, 3.05) is 26.7 Å². The second-order valence-electron chi connectivity index (χ2n) is 5.78. The number of nitrogens with one attached hydrogen (secondary N) is 1. The molecule has 0 bridgehead atoms. The third kappa shape index (κ3) is 5.31. The maximum atomic E-state index is 11.9. The van der Waals surface area contributed by atoms with Gasteiger partial charge in [-0.25, -0.2) is 0 Å². The summed E-state index contributed by atoms with van der Waals surface area (Å²) in [7, 11) is 1.94. The van der Waals surface area contributed by atoms with E-state index in [1.165, 1.54) is 5.56 Å². The zero-order chi connectivity index (χ0) is 15.1. The van der Waals surface area contributed by atoms with Crippen molar-refractivity contribution in [1.82, 2.24) is 10.2 Å². The van der Waals surface area contributed by atoms with Crippen molar-refractivity contribution in [3.05, 3.63) is 35.4 Å². The standard InChI is InChI=1S/C16H27N3O/c1-12(2)10-18-16(20)11-19(4)15(9-17)14-7-5-13(3)6-8-14/h5-8,12,15H,9-11,17H2,1-4H3,(H,18,20). The third-order valence-electron chi connectivity index (χ3n) is 3.32. The van der Waals surface area contributed by atoms with Crippen molar-refractivity contribution in [3.8, 4) is 0 Å². The fraction of sp³-hybridized carbons (Fsp3) is 0.562. The molecule has 1 amide bonds. The lowest BCUT2D eigenvalue weighted by molar-refractivity contribution is -0.122. The highest BCUT2D eigenvalue weighted by Crippen LogP contribution is 2.18. The lowest BCUT2D eigenvalue weighted by atomic mass is 10.0. The van der Waals surface area contributed by atoms with Gasteiger partial charge in [0.1, 0.15) is 0 Å². The maximum Gasteiger partial charge on any atom is 0.234 e. The van der Waals surface area contributed by atoms with Gasteiger partial charge in [-0.3, -0.25) is 9.69 Å². The van der Waals surface area contributed by atoms with Crippen molar-refractivity contribution >= 4 is 5.91 Å². The van der Waals surface area contributed by atoms with Crippen molar-refractivity contribution in [2.24, 2.45) is 11.7 Å². The van der Waals surface area contributed by atoms with Gasteiger partial charge in [0.2, 0.25) is 5.91 Å². The summed E-state index contributed by atoms with van der Waals surface area (Å²) in [6.07, 6.45) is 0. The van der Waals surface area contributed by atoms with Gasteiger partial charge in [0, 0.05) is 19.1 Å². The predicted molar refractivity (Wildman–Crippen MR) is 83.5 cm³/mol. The number of amides is 1. The van der Waals surface area contributed by atoms with Crippen LogP contribution < -0.4 is 11.1 Å². The Bertz CT molecular complexity index is 414. The summed E-state index contributed by atoms with van der Waals surface area (Å²) in [5.41, 5.74) is 8.24. The molecule has 20 heavy (non-hydrogen) atoms. The molecule has 112 valence electrons. The van der Waals surface area contributed by atoms with Gasteiger partial charge in [0.15, 0.2) is 0 Å². The highest BCUT2D eigenvalue weighted by Gasteiger charge is 2.17. The van der Waals surface area contributed by atoms with Gasteiger partial charge in [-0.1, -0.05) is 43.7 Å². The Morgan fingerprint density at radius 3 is 2.40 bits per heavy atom. The van der Waals surface area contributed by atoms with Crippen LogP contribution in [0.2, 0.25) is 0 Å². The molecule has 4 heteroatoms. The summed E-state index contributed by atoms with van der Waals surface area (Å²) in [6, 6.07) is 8.38. The number of benzene rings is 1. The Hall–Kier alpha value is -1.39. The monoisotopic (exact) mass is 277 g/mol. The molecule has 0 radical (unpaired) electrons. The van der Waals surface area contributed by atoms with Crippen LogP contribution in [0.25, 0.3) is 0 Å². The normalized spacial score (nSPS) is 12.8. The van der Waals surface area contributed by atoms with E-state index in [1.54, 1.807) is 0 Å². The minimum Gasteiger partial charge on any atom is -0.355 e. The molecule has 4 nitrogen and oxygen atoms in total. The Labute approximate surface area is 122 Å². The summed E-state index contributed by atoms with van der Waals surface area (Å²) >= 11 is 0. The summed E-state index contributed by atoms with van der Waals surface area (Å²) < 4.78 is 0. The number of hydrogen-bond donors (Lipinski definition) is 2. The average molecular weight is 277 g/mol. The number of aryl methyl sites for hydroxylation is 1. The van der Waals surface area contributed by atoms with Gasteiger partial charge in [-0.15, -0.1) is 0 Å². The van der Waals surface area contributed by atoms with Crippen LogP contribution in [0, 0.1) is 12.8 Å². The van der Waals surface area contributed by atoms with Gasteiger partial charge in [-0.05, 0) is 25.5 Å². The maximum absolute atomic E-state index is 11.9. The number of likely N-dealkylation sites (N-methyl/N-ethyl adjacent to an activating group) is 1. The van der Waals surface area contributed by atoms with Crippen LogP contribution in [-0.4, -0.2) is 37.5 Å². The van der Waals surface area contributed by atoms with Gasteiger partial charge < -0.3 is 11.1 Å². The molecule has 1 aromatic rings. The van der Waals surface area contributed by atoms with Crippen LogP contribution in [0.4, 0.5) is 0 Å². The first kappa shape index (κ1) is 16.7. The second kappa shape index (κ2) is 8.02. The first-order valence-electron chi connectivity index (χ1n) is 7.17. The molecule has 0 saturated heterocycles. The molecule has 0 aliphatic heterocycles. The first-order chi connectivity index (χ1) is 9.43. The molecule has 1 atom stereocenters. The van der Waals surface area contributed by atoms with E-state index < -0.39 is 0 Å². The molecule has 0 saturated carbocycles. The Morgan fingerprint density at radius 2 is 1.90 bits per heavy atom. The predicted octanol–water partition coefficient (Wildman–Crippen LogP) is 1.70. The zero-order valence-electron chi connectivity index (χ0n) is 13.0. The van der Waals surface area contributed by atoms with E-state index in [4.69, 9.17) is 5.73 Å². The highest BCUT2D eigenvalue weighted by molar-refractivity contribution is 5.78. The van der Waals surface area contributed by atoms with Gasteiger partial charge in [-0.2, -0.15) is 0 Å². The third-order valence-corrected chi connectivity index (χ3v) is 3.32. The Balaban J connectivity index is 2.60. The molecule has 0 fully saturated rings. The van der Waals surface area contributed by atoms with E-state index in [2.05, 4.69) is 50.4 Å². The molecule has 0 aliphatic rings. The van der Waals surface area contributed by atoms with E-state index in [0.717, 1.165) is 5.56 Å². The minimum atomic E-state index is 0.0479. The molecular weight excluding hydrogens is 250 g/mol. The summed E-state index contributed by atoms with van der Waals surface area (Å²) in [5, 5.41) is 2.93. The lowest BCUT2D eigenvalue weighted by Gasteiger charge is -2.27. The molecule has 0 aliphatic carbocycles. The largest absolute Gasteiger partial charge is 0.355 e. The Kier molecular flexibility index (Phi) is 6.68. The van der Waals surface area contributed by atoms with Crippen LogP contribution in [0.5, 0.6) is 0 Å². The average Bonchev–Trinajstić information content (AvgIpc) is 2.39. The number of nitrogens with zero attached hydrogens (tertiary/aromatic N) is 1. The van der Waals surface area contributed by atoms with Crippen LogP contribution in [-0.2, 0) is 4.79 Å².